The zero-order valence-electron chi connectivity index (χ0n) is 9.28. The van der Waals surface area contributed by atoms with E-state index in [1.807, 2.05) is 0 Å². The first-order valence-electron chi connectivity index (χ1n) is 5.22. The summed E-state index contributed by atoms with van der Waals surface area (Å²) in [4.78, 5) is 8.15. The van der Waals surface area contributed by atoms with Crippen molar-refractivity contribution < 1.29 is 0 Å². The van der Waals surface area contributed by atoms with Gasteiger partial charge in [-0.05, 0) is 29.8 Å². The molecular weight excluding hydrogens is 309 g/mol. The van der Waals surface area contributed by atoms with Gasteiger partial charge in [0.15, 0.2) is 5.65 Å². The fourth-order valence-corrected chi connectivity index (χ4v) is 2.08. The highest BCUT2D eigenvalue weighted by Crippen LogP contribution is 2.28. The molecule has 0 aliphatic carbocycles. The first-order valence-corrected chi connectivity index (χ1v) is 6.35. The normalized spacial score (nSPS) is 10.9. The lowest BCUT2D eigenvalue weighted by Crippen LogP contribution is -1.96. The van der Waals surface area contributed by atoms with Crippen LogP contribution in [0.1, 0.15) is 0 Å². The molecule has 0 unspecified atom stereocenters. The Labute approximate surface area is 122 Å². The second-order valence-corrected chi connectivity index (χ2v) is 4.88. The highest BCUT2D eigenvalue weighted by atomic mass is 35.5. The van der Waals surface area contributed by atoms with Gasteiger partial charge in [-0.2, -0.15) is 15.1 Å². The summed E-state index contributed by atoms with van der Waals surface area (Å²) in [7, 11) is 0. The van der Waals surface area contributed by atoms with Gasteiger partial charge in [0.2, 0.25) is 5.28 Å². The lowest BCUT2D eigenvalue weighted by atomic mass is 10.3. The molecule has 1 aromatic carbocycles. The molecule has 2 N–H and O–H groups in total. The SMILES string of the molecule is Clc1nc(Nc2ccc(Cl)c(Cl)c2)c2cn[nH]c2n1. The van der Waals surface area contributed by atoms with Crippen LogP contribution >= 0.6 is 34.8 Å². The molecule has 3 aromatic rings. The predicted molar refractivity (Wildman–Crippen MR) is 76.4 cm³/mol. The van der Waals surface area contributed by atoms with E-state index >= 15 is 0 Å². The zero-order valence-corrected chi connectivity index (χ0v) is 11.6. The quantitative estimate of drug-likeness (QED) is 0.700. The Balaban J connectivity index is 2.04. The van der Waals surface area contributed by atoms with E-state index in [1.54, 1.807) is 24.4 Å². The first kappa shape index (κ1) is 12.5. The fraction of sp³-hybridized carbons (Fsp3) is 0. The Morgan fingerprint density at radius 1 is 1.05 bits per heavy atom. The van der Waals surface area contributed by atoms with Crippen LogP contribution in [-0.2, 0) is 0 Å². The highest BCUT2D eigenvalue weighted by molar-refractivity contribution is 6.42. The number of hydrogen-bond donors (Lipinski definition) is 2. The maximum atomic E-state index is 5.96. The summed E-state index contributed by atoms with van der Waals surface area (Å²) < 4.78 is 0. The predicted octanol–water partition coefficient (Wildman–Crippen LogP) is 4.06. The summed E-state index contributed by atoms with van der Waals surface area (Å²) in [6, 6.07) is 5.18. The largest absolute Gasteiger partial charge is 0.339 e. The summed E-state index contributed by atoms with van der Waals surface area (Å²) >= 11 is 17.7. The third-order valence-corrected chi connectivity index (χ3v) is 3.37. The van der Waals surface area contributed by atoms with E-state index in [2.05, 4.69) is 25.5 Å². The molecule has 19 heavy (non-hydrogen) atoms. The molecule has 0 spiro atoms. The number of fused-ring (bicyclic) bond motifs is 1. The molecule has 0 radical (unpaired) electrons. The van der Waals surface area contributed by atoms with Gasteiger partial charge in [0.1, 0.15) is 5.82 Å². The van der Waals surface area contributed by atoms with Crippen LogP contribution in [0, 0.1) is 0 Å². The molecule has 2 heterocycles. The number of rotatable bonds is 2. The number of benzene rings is 1. The minimum absolute atomic E-state index is 0.124. The Kier molecular flexibility index (Phi) is 3.18. The lowest BCUT2D eigenvalue weighted by Gasteiger charge is -2.07. The van der Waals surface area contributed by atoms with E-state index in [0.717, 1.165) is 11.1 Å². The van der Waals surface area contributed by atoms with Crippen molar-refractivity contribution in [3.05, 3.63) is 39.7 Å². The van der Waals surface area contributed by atoms with Crippen molar-refractivity contribution >= 4 is 57.3 Å². The maximum absolute atomic E-state index is 5.96. The van der Waals surface area contributed by atoms with Crippen LogP contribution in [0.15, 0.2) is 24.4 Å². The molecule has 0 aliphatic heterocycles. The summed E-state index contributed by atoms with van der Waals surface area (Å²) in [5, 5.41) is 11.5. The highest BCUT2D eigenvalue weighted by Gasteiger charge is 2.09. The van der Waals surface area contributed by atoms with Gasteiger partial charge in [-0.25, -0.2) is 0 Å². The van der Waals surface area contributed by atoms with Gasteiger partial charge in [-0.1, -0.05) is 23.2 Å². The van der Waals surface area contributed by atoms with E-state index in [4.69, 9.17) is 34.8 Å². The standard InChI is InChI=1S/C11H6Cl3N5/c12-7-2-1-5(3-8(7)13)16-9-6-4-15-19-10(6)18-11(14)17-9/h1-4H,(H2,15,16,17,18,19). The van der Waals surface area contributed by atoms with Gasteiger partial charge in [0.25, 0.3) is 0 Å². The van der Waals surface area contributed by atoms with Crippen LogP contribution in [0.25, 0.3) is 11.0 Å². The number of aromatic amines is 1. The average Bonchev–Trinajstić information content (AvgIpc) is 2.82. The molecule has 96 valence electrons. The van der Waals surface area contributed by atoms with E-state index in [0.29, 0.717) is 21.5 Å². The number of anilines is 2. The lowest BCUT2D eigenvalue weighted by molar-refractivity contribution is 1.09. The van der Waals surface area contributed by atoms with Gasteiger partial charge in [-0.15, -0.1) is 0 Å². The van der Waals surface area contributed by atoms with Crippen molar-refractivity contribution in [3.63, 3.8) is 0 Å². The second kappa shape index (κ2) is 4.85. The Bertz CT molecular complexity index is 755. The number of hydrogen-bond acceptors (Lipinski definition) is 4. The van der Waals surface area contributed by atoms with Crippen LogP contribution in [0.2, 0.25) is 15.3 Å². The van der Waals surface area contributed by atoms with Crippen molar-refractivity contribution in [1.82, 2.24) is 20.2 Å². The molecule has 8 heteroatoms. The molecule has 3 rings (SSSR count). The maximum Gasteiger partial charge on any atom is 0.226 e. The van der Waals surface area contributed by atoms with Gasteiger partial charge in [0.05, 0.1) is 21.6 Å². The Morgan fingerprint density at radius 3 is 2.68 bits per heavy atom. The Hall–Kier alpha value is -1.56. The van der Waals surface area contributed by atoms with Gasteiger partial charge in [-0.3, -0.25) is 5.10 Å². The number of halogens is 3. The molecule has 5 nitrogen and oxygen atoms in total. The fourth-order valence-electron chi connectivity index (χ4n) is 1.61. The molecular formula is C11H6Cl3N5. The second-order valence-electron chi connectivity index (χ2n) is 3.73. The summed E-state index contributed by atoms with van der Waals surface area (Å²) in [6.07, 6.45) is 1.62. The zero-order chi connectivity index (χ0) is 13.4. The van der Waals surface area contributed by atoms with Crippen LogP contribution in [0.4, 0.5) is 11.5 Å². The van der Waals surface area contributed by atoms with Crippen LogP contribution in [0.3, 0.4) is 0 Å². The molecule has 0 amide bonds. The Morgan fingerprint density at radius 2 is 1.89 bits per heavy atom. The van der Waals surface area contributed by atoms with Crippen LogP contribution in [-0.4, -0.2) is 20.2 Å². The molecule has 2 aromatic heterocycles. The molecule has 0 atom stereocenters. The third-order valence-electron chi connectivity index (χ3n) is 2.46. The van der Waals surface area contributed by atoms with Crippen LogP contribution < -0.4 is 5.32 Å². The van der Waals surface area contributed by atoms with Gasteiger partial charge in [0, 0.05) is 5.69 Å². The van der Waals surface area contributed by atoms with Gasteiger partial charge >= 0.3 is 0 Å². The van der Waals surface area contributed by atoms with E-state index in [1.165, 1.54) is 0 Å². The average molecular weight is 315 g/mol. The summed E-state index contributed by atoms with van der Waals surface area (Å²) in [5.74, 6) is 0.544. The van der Waals surface area contributed by atoms with Gasteiger partial charge < -0.3 is 5.32 Å². The monoisotopic (exact) mass is 313 g/mol. The van der Waals surface area contributed by atoms with E-state index in [-0.39, 0.29) is 5.28 Å². The smallest absolute Gasteiger partial charge is 0.226 e. The molecule has 0 saturated carbocycles. The number of H-pyrrole nitrogens is 1. The number of aromatic nitrogens is 4. The first-order chi connectivity index (χ1) is 9.13. The summed E-state index contributed by atoms with van der Waals surface area (Å²) in [5.41, 5.74) is 1.30. The molecule has 0 saturated heterocycles. The van der Waals surface area contributed by atoms with E-state index < -0.39 is 0 Å². The van der Waals surface area contributed by atoms with Crippen molar-refractivity contribution in [2.24, 2.45) is 0 Å². The van der Waals surface area contributed by atoms with Crippen molar-refractivity contribution in [2.75, 3.05) is 5.32 Å². The minimum atomic E-state index is 0.124. The summed E-state index contributed by atoms with van der Waals surface area (Å²) in [6.45, 7) is 0. The van der Waals surface area contributed by atoms with Crippen LogP contribution in [0.5, 0.6) is 0 Å². The molecule has 0 bridgehead atoms. The van der Waals surface area contributed by atoms with Crippen molar-refractivity contribution in [2.45, 2.75) is 0 Å². The minimum Gasteiger partial charge on any atom is -0.339 e. The van der Waals surface area contributed by atoms with Crippen molar-refractivity contribution in [3.8, 4) is 0 Å². The third kappa shape index (κ3) is 2.45. The number of nitrogens with zero attached hydrogens (tertiary/aromatic N) is 3. The molecule has 0 aliphatic rings. The van der Waals surface area contributed by atoms with Crippen molar-refractivity contribution in [1.29, 1.82) is 0 Å². The van der Waals surface area contributed by atoms with E-state index in [9.17, 15) is 0 Å². The number of nitrogens with one attached hydrogen (secondary N) is 2. The molecule has 0 fully saturated rings. The topological polar surface area (TPSA) is 66.5 Å².